The molecule has 3 heteroatoms. The zero-order valence-electron chi connectivity index (χ0n) is 10.2. The molecule has 16 heavy (non-hydrogen) atoms. The first-order valence-electron chi connectivity index (χ1n) is 5.72. The molecule has 0 aromatic heterocycles. The molecule has 0 aliphatic rings. The Balaban J connectivity index is 2.78. The van der Waals surface area contributed by atoms with Gasteiger partial charge >= 0.3 is 0 Å². The van der Waals surface area contributed by atoms with Gasteiger partial charge in [-0.05, 0) is 36.6 Å². The van der Waals surface area contributed by atoms with Crippen LogP contribution in [0, 0.1) is 11.7 Å². The minimum atomic E-state index is -0.208. The molecule has 2 N–H and O–H groups in total. The van der Waals surface area contributed by atoms with Crippen LogP contribution in [0.15, 0.2) is 23.1 Å². The van der Waals surface area contributed by atoms with Gasteiger partial charge in [0.15, 0.2) is 0 Å². The van der Waals surface area contributed by atoms with Gasteiger partial charge in [0.25, 0.3) is 0 Å². The van der Waals surface area contributed by atoms with E-state index in [9.17, 15) is 4.39 Å². The molecule has 1 nitrogen and oxygen atoms in total. The minimum Gasteiger partial charge on any atom is -0.324 e. The van der Waals surface area contributed by atoms with Gasteiger partial charge in [-0.2, -0.15) is 0 Å². The van der Waals surface area contributed by atoms with Crippen molar-refractivity contribution >= 4 is 11.8 Å². The summed E-state index contributed by atoms with van der Waals surface area (Å²) in [5, 5.41) is 0. The summed E-state index contributed by atoms with van der Waals surface area (Å²) in [6, 6.07) is 4.77. The fraction of sp³-hybridized carbons (Fsp3) is 0.538. The number of hydrogen-bond donors (Lipinski definition) is 1. The number of nitrogens with two attached hydrogens (primary N) is 1. The SMILES string of the molecule is CCC(C)CSc1ccc(F)cc1C(C)N. The van der Waals surface area contributed by atoms with Crippen molar-refractivity contribution in [2.24, 2.45) is 11.7 Å². The highest BCUT2D eigenvalue weighted by Crippen LogP contribution is 2.29. The van der Waals surface area contributed by atoms with Crippen molar-refractivity contribution in [1.29, 1.82) is 0 Å². The Labute approximate surface area is 102 Å². The Kier molecular flexibility index (Phi) is 5.29. The van der Waals surface area contributed by atoms with Gasteiger partial charge < -0.3 is 5.73 Å². The van der Waals surface area contributed by atoms with Crippen LogP contribution < -0.4 is 5.73 Å². The number of rotatable bonds is 5. The Morgan fingerprint density at radius 3 is 2.62 bits per heavy atom. The first-order chi connectivity index (χ1) is 7.54. The summed E-state index contributed by atoms with van der Waals surface area (Å²) < 4.78 is 13.1. The first-order valence-corrected chi connectivity index (χ1v) is 6.71. The summed E-state index contributed by atoms with van der Waals surface area (Å²) in [5.74, 6) is 1.53. The zero-order chi connectivity index (χ0) is 12.1. The number of hydrogen-bond acceptors (Lipinski definition) is 2. The third-order valence-corrected chi connectivity index (χ3v) is 4.10. The van der Waals surface area contributed by atoms with Crippen LogP contribution in [0.3, 0.4) is 0 Å². The maximum atomic E-state index is 13.1. The van der Waals surface area contributed by atoms with E-state index in [2.05, 4.69) is 13.8 Å². The predicted octanol–water partition coefficient (Wildman–Crippen LogP) is 3.98. The summed E-state index contributed by atoms with van der Waals surface area (Å²) in [7, 11) is 0. The second kappa shape index (κ2) is 6.26. The van der Waals surface area contributed by atoms with Crippen LogP contribution in [-0.4, -0.2) is 5.75 Å². The molecule has 0 aliphatic carbocycles. The molecule has 0 saturated heterocycles. The van der Waals surface area contributed by atoms with E-state index in [1.54, 1.807) is 17.8 Å². The van der Waals surface area contributed by atoms with E-state index in [0.29, 0.717) is 5.92 Å². The molecule has 2 unspecified atom stereocenters. The van der Waals surface area contributed by atoms with Crippen LogP contribution in [0.2, 0.25) is 0 Å². The average molecular weight is 241 g/mol. The maximum Gasteiger partial charge on any atom is 0.123 e. The van der Waals surface area contributed by atoms with Crippen LogP contribution in [-0.2, 0) is 0 Å². The van der Waals surface area contributed by atoms with Crippen molar-refractivity contribution in [3.8, 4) is 0 Å². The molecule has 0 amide bonds. The van der Waals surface area contributed by atoms with Crippen LogP contribution in [0.5, 0.6) is 0 Å². The third-order valence-electron chi connectivity index (χ3n) is 2.68. The van der Waals surface area contributed by atoms with E-state index < -0.39 is 0 Å². The molecule has 0 bridgehead atoms. The molecule has 1 aromatic rings. The van der Waals surface area contributed by atoms with Crippen molar-refractivity contribution < 1.29 is 4.39 Å². The van der Waals surface area contributed by atoms with Crippen LogP contribution in [0.1, 0.15) is 38.8 Å². The van der Waals surface area contributed by atoms with Gasteiger partial charge in [-0.25, -0.2) is 4.39 Å². The lowest BCUT2D eigenvalue weighted by molar-refractivity contribution is 0.618. The smallest absolute Gasteiger partial charge is 0.123 e. The van der Waals surface area contributed by atoms with Crippen LogP contribution in [0.4, 0.5) is 4.39 Å². The summed E-state index contributed by atoms with van der Waals surface area (Å²) in [5.41, 5.74) is 6.75. The molecular formula is C13H20FNS. The average Bonchev–Trinajstić information content (AvgIpc) is 2.26. The predicted molar refractivity (Wildman–Crippen MR) is 69.2 cm³/mol. The third kappa shape index (κ3) is 3.80. The van der Waals surface area contributed by atoms with Crippen molar-refractivity contribution in [2.75, 3.05) is 5.75 Å². The lowest BCUT2D eigenvalue weighted by Gasteiger charge is -2.14. The topological polar surface area (TPSA) is 26.0 Å². The monoisotopic (exact) mass is 241 g/mol. The zero-order valence-corrected chi connectivity index (χ0v) is 11.0. The molecule has 2 atom stereocenters. The van der Waals surface area contributed by atoms with Gasteiger partial charge in [-0.15, -0.1) is 11.8 Å². The molecule has 90 valence electrons. The highest BCUT2D eigenvalue weighted by Gasteiger charge is 2.10. The largest absolute Gasteiger partial charge is 0.324 e. The summed E-state index contributed by atoms with van der Waals surface area (Å²) in [6.07, 6.45) is 1.17. The van der Waals surface area contributed by atoms with E-state index in [1.165, 1.54) is 12.5 Å². The summed E-state index contributed by atoms with van der Waals surface area (Å²) >= 11 is 1.77. The summed E-state index contributed by atoms with van der Waals surface area (Å²) in [6.45, 7) is 6.30. The maximum absolute atomic E-state index is 13.1. The molecule has 1 aromatic carbocycles. The van der Waals surface area contributed by atoms with Crippen molar-refractivity contribution in [2.45, 2.75) is 38.1 Å². The number of halogens is 1. The second-order valence-electron chi connectivity index (χ2n) is 4.30. The molecule has 0 radical (unpaired) electrons. The standard InChI is InChI=1S/C13H20FNS/c1-4-9(2)8-16-13-6-5-11(14)7-12(13)10(3)15/h5-7,9-10H,4,8,15H2,1-3H3. The molecule has 0 aliphatic heterocycles. The normalized spacial score (nSPS) is 14.8. The van der Waals surface area contributed by atoms with Gasteiger partial charge in [0, 0.05) is 16.7 Å². The van der Waals surface area contributed by atoms with Crippen LogP contribution >= 0.6 is 11.8 Å². The van der Waals surface area contributed by atoms with Crippen molar-refractivity contribution in [3.05, 3.63) is 29.6 Å². The molecule has 0 saturated carbocycles. The van der Waals surface area contributed by atoms with Crippen LogP contribution in [0.25, 0.3) is 0 Å². The quantitative estimate of drug-likeness (QED) is 0.789. The highest BCUT2D eigenvalue weighted by atomic mass is 32.2. The van der Waals surface area contributed by atoms with Crippen molar-refractivity contribution in [1.82, 2.24) is 0 Å². The van der Waals surface area contributed by atoms with Gasteiger partial charge in [0.1, 0.15) is 5.82 Å². The summed E-state index contributed by atoms with van der Waals surface area (Å²) in [4.78, 5) is 1.11. The molecular weight excluding hydrogens is 221 g/mol. The lowest BCUT2D eigenvalue weighted by atomic mass is 10.1. The molecule has 0 spiro atoms. The first kappa shape index (κ1) is 13.5. The Hall–Kier alpha value is -0.540. The van der Waals surface area contributed by atoms with E-state index in [4.69, 9.17) is 5.73 Å². The fourth-order valence-electron chi connectivity index (χ4n) is 1.36. The Morgan fingerprint density at radius 2 is 2.06 bits per heavy atom. The fourth-order valence-corrected chi connectivity index (χ4v) is 2.63. The number of thioether (sulfide) groups is 1. The number of benzene rings is 1. The van der Waals surface area contributed by atoms with Gasteiger partial charge in [0.2, 0.25) is 0 Å². The Morgan fingerprint density at radius 1 is 1.38 bits per heavy atom. The molecule has 0 fully saturated rings. The second-order valence-corrected chi connectivity index (χ2v) is 5.36. The van der Waals surface area contributed by atoms with E-state index in [1.807, 2.05) is 13.0 Å². The lowest BCUT2D eigenvalue weighted by Crippen LogP contribution is -2.07. The van der Waals surface area contributed by atoms with E-state index in [-0.39, 0.29) is 11.9 Å². The van der Waals surface area contributed by atoms with Crippen molar-refractivity contribution in [3.63, 3.8) is 0 Å². The van der Waals surface area contributed by atoms with E-state index >= 15 is 0 Å². The molecule has 0 heterocycles. The minimum absolute atomic E-state index is 0.116. The van der Waals surface area contributed by atoms with Gasteiger partial charge in [-0.3, -0.25) is 0 Å². The Bertz CT molecular complexity index is 339. The highest BCUT2D eigenvalue weighted by molar-refractivity contribution is 7.99. The molecule has 1 rings (SSSR count). The van der Waals surface area contributed by atoms with Gasteiger partial charge in [-0.1, -0.05) is 20.3 Å². The van der Waals surface area contributed by atoms with E-state index in [0.717, 1.165) is 16.2 Å². The van der Waals surface area contributed by atoms with Gasteiger partial charge in [0.05, 0.1) is 0 Å².